The van der Waals surface area contributed by atoms with Gasteiger partial charge in [-0.2, -0.15) is 0 Å². The standard InChI is InChI=1S/C24H34N2O4/c1-7-15-13-26-11-10-16-22(21(9-3)29-5)19(8-2)25-23(16)20(26)12-17(15)18(14-28-4)24(27)30-6/h8-9,14-15,17,20,25H,3,7,10-13H2,1-2,4-6H3/b18-14-,19-8+,22-21+/t15-,17+,20+/m1/s1. The molecule has 0 unspecified atom stereocenters. The lowest BCUT2D eigenvalue weighted by Crippen LogP contribution is -2.47. The Morgan fingerprint density at radius 3 is 2.63 bits per heavy atom. The van der Waals surface area contributed by atoms with Crippen molar-refractivity contribution in [3.05, 3.63) is 46.3 Å². The van der Waals surface area contributed by atoms with Crippen molar-refractivity contribution < 1.29 is 19.0 Å². The number of H-pyrrole nitrogens is 1. The van der Waals surface area contributed by atoms with E-state index in [9.17, 15) is 4.79 Å². The Labute approximate surface area is 178 Å². The van der Waals surface area contributed by atoms with E-state index in [2.05, 4.69) is 29.5 Å². The maximum atomic E-state index is 12.5. The predicted octanol–water partition coefficient (Wildman–Crippen LogP) is 2.40. The van der Waals surface area contributed by atoms with Crippen LogP contribution in [0.4, 0.5) is 0 Å². The maximum absolute atomic E-state index is 12.5. The van der Waals surface area contributed by atoms with Crippen LogP contribution in [0.1, 0.15) is 44.0 Å². The highest BCUT2D eigenvalue weighted by atomic mass is 16.5. The van der Waals surface area contributed by atoms with Crippen LogP contribution >= 0.6 is 0 Å². The van der Waals surface area contributed by atoms with Crippen LogP contribution in [0.15, 0.2) is 24.5 Å². The minimum atomic E-state index is -0.304. The number of nitrogens with zero attached hydrogens (tertiary/aromatic N) is 1. The number of methoxy groups -OCH3 is 3. The molecule has 0 bridgehead atoms. The Morgan fingerprint density at radius 2 is 2.07 bits per heavy atom. The van der Waals surface area contributed by atoms with E-state index in [-0.39, 0.29) is 17.9 Å². The Hall–Kier alpha value is -2.47. The van der Waals surface area contributed by atoms with Crippen molar-refractivity contribution in [1.82, 2.24) is 9.88 Å². The molecule has 0 spiro atoms. The van der Waals surface area contributed by atoms with Gasteiger partial charge in [-0.05, 0) is 43.2 Å². The zero-order chi connectivity index (χ0) is 21.8. The second-order valence-electron chi connectivity index (χ2n) is 7.94. The summed E-state index contributed by atoms with van der Waals surface area (Å²) in [6.07, 6.45) is 8.23. The normalized spacial score (nSPS) is 25.8. The topological polar surface area (TPSA) is 63.8 Å². The molecule has 1 aromatic heterocycles. The second-order valence-corrected chi connectivity index (χ2v) is 7.94. The van der Waals surface area contributed by atoms with Gasteiger partial charge in [0.1, 0.15) is 5.76 Å². The van der Waals surface area contributed by atoms with Gasteiger partial charge in [-0.3, -0.25) is 4.90 Å². The lowest BCUT2D eigenvalue weighted by atomic mass is 9.74. The van der Waals surface area contributed by atoms with E-state index in [0.29, 0.717) is 11.5 Å². The molecule has 1 fully saturated rings. The van der Waals surface area contributed by atoms with Crippen molar-refractivity contribution in [1.29, 1.82) is 0 Å². The summed E-state index contributed by atoms with van der Waals surface area (Å²) in [5.74, 6) is 0.952. The molecule has 164 valence electrons. The molecule has 0 aliphatic carbocycles. The van der Waals surface area contributed by atoms with Crippen molar-refractivity contribution in [3.8, 4) is 0 Å². The molecule has 1 N–H and O–H groups in total. The molecular formula is C24H34N2O4. The lowest BCUT2D eigenvalue weighted by Gasteiger charge is -2.46. The average molecular weight is 415 g/mol. The molecule has 0 saturated carbocycles. The quantitative estimate of drug-likeness (QED) is 0.440. The Morgan fingerprint density at radius 1 is 1.30 bits per heavy atom. The molecule has 30 heavy (non-hydrogen) atoms. The van der Waals surface area contributed by atoms with Gasteiger partial charge in [-0.15, -0.1) is 0 Å². The number of hydrogen-bond acceptors (Lipinski definition) is 5. The summed E-state index contributed by atoms with van der Waals surface area (Å²) in [7, 11) is 4.69. The first-order valence-corrected chi connectivity index (χ1v) is 10.7. The molecule has 2 aliphatic rings. The first-order chi connectivity index (χ1) is 14.5. The number of piperidine rings is 1. The lowest BCUT2D eigenvalue weighted by molar-refractivity contribution is -0.137. The molecule has 0 aromatic carbocycles. The van der Waals surface area contributed by atoms with E-state index in [0.717, 1.165) is 48.7 Å². The number of hydrogen-bond donors (Lipinski definition) is 1. The number of aromatic nitrogens is 1. The minimum absolute atomic E-state index is 0.0840. The van der Waals surface area contributed by atoms with Gasteiger partial charge in [-0.1, -0.05) is 26.0 Å². The molecule has 6 nitrogen and oxygen atoms in total. The highest BCUT2D eigenvalue weighted by Gasteiger charge is 2.42. The third kappa shape index (κ3) is 3.81. The maximum Gasteiger partial charge on any atom is 0.337 e. The van der Waals surface area contributed by atoms with Crippen molar-refractivity contribution in [2.45, 2.75) is 39.2 Å². The van der Waals surface area contributed by atoms with Crippen LogP contribution in [0.3, 0.4) is 0 Å². The van der Waals surface area contributed by atoms with Crippen LogP contribution in [0.2, 0.25) is 0 Å². The number of esters is 1. The Kier molecular flexibility index (Phi) is 7.08. The van der Waals surface area contributed by atoms with Gasteiger partial charge in [0, 0.05) is 29.4 Å². The van der Waals surface area contributed by atoms with E-state index in [1.165, 1.54) is 18.4 Å². The molecule has 0 radical (unpaired) electrons. The smallest absolute Gasteiger partial charge is 0.337 e. The van der Waals surface area contributed by atoms with Gasteiger partial charge in [0.2, 0.25) is 0 Å². The van der Waals surface area contributed by atoms with Crippen molar-refractivity contribution in [2.24, 2.45) is 11.8 Å². The van der Waals surface area contributed by atoms with Crippen molar-refractivity contribution >= 4 is 17.8 Å². The molecule has 2 aliphatic heterocycles. The van der Waals surface area contributed by atoms with Gasteiger partial charge in [0.15, 0.2) is 0 Å². The third-order valence-electron chi connectivity index (χ3n) is 6.63. The first-order valence-electron chi connectivity index (χ1n) is 10.7. The van der Waals surface area contributed by atoms with Crippen LogP contribution in [0.25, 0.3) is 11.8 Å². The van der Waals surface area contributed by atoms with Crippen LogP contribution in [0.5, 0.6) is 0 Å². The first kappa shape index (κ1) is 22.2. The van der Waals surface area contributed by atoms with Crippen LogP contribution in [-0.2, 0) is 25.4 Å². The van der Waals surface area contributed by atoms with E-state index in [1.54, 1.807) is 26.6 Å². The molecular weight excluding hydrogens is 380 g/mol. The number of carbonyl (C=O) groups excluding carboxylic acids is 1. The number of aromatic amines is 1. The minimum Gasteiger partial charge on any atom is -0.504 e. The Balaban J connectivity index is 2.11. The summed E-state index contributed by atoms with van der Waals surface area (Å²) in [5, 5.41) is 2.17. The van der Waals surface area contributed by atoms with Gasteiger partial charge in [-0.25, -0.2) is 4.79 Å². The summed E-state index contributed by atoms with van der Waals surface area (Å²) in [5.41, 5.74) is 3.15. The van der Waals surface area contributed by atoms with Gasteiger partial charge in [0.05, 0.1) is 39.2 Å². The van der Waals surface area contributed by atoms with Gasteiger partial charge in [0.25, 0.3) is 0 Å². The molecule has 3 heterocycles. The zero-order valence-electron chi connectivity index (χ0n) is 18.8. The number of ether oxygens (including phenoxy) is 3. The highest BCUT2D eigenvalue weighted by molar-refractivity contribution is 5.88. The van der Waals surface area contributed by atoms with E-state index >= 15 is 0 Å². The molecule has 1 aromatic rings. The summed E-state index contributed by atoms with van der Waals surface area (Å²) in [4.78, 5) is 18.7. The number of nitrogens with one attached hydrogen (secondary N) is 1. The number of carbonyl (C=O) groups is 1. The monoisotopic (exact) mass is 414 g/mol. The third-order valence-corrected chi connectivity index (χ3v) is 6.63. The fraction of sp³-hybridized carbons (Fsp3) is 0.542. The summed E-state index contributed by atoms with van der Waals surface area (Å²) < 4.78 is 16.0. The predicted molar refractivity (Wildman–Crippen MR) is 118 cm³/mol. The largest absolute Gasteiger partial charge is 0.504 e. The molecule has 0 amide bonds. The van der Waals surface area contributed by atoms with E-state index < -0.39 is 0 Å². The summed E-state index contributed by atoms with van der Waals surface area (Å²) >= 11 is 0. The zero-order valence-corrected chi connectivity index (χ0v) is 18.8. The van der Waals surface area contributed by atoms with Crippen molar-refractivity contribution in [3.63, 3.8) is 0 Å². The van der Waals surface area contributed by atoms with Gasteiger partial charge < -0.3 is 19.2 Å². The second kappa shape index (κ2) is 9.56. The van der Waals surface area contributed by atoms with Crippen LogP contribution in [0, 0.1) is 11.8 Å². The fourth-order valence-corrected chi connectivity index (χ4v) is 5.18. The summed E-state index contributed by atoms with van der Waals surface area (Å²) in [6, 6.07) is 0.210. The average Bonchev–Trinajstić information content (AvgIpc) is 3.16. The van der Waals surface area contributed by atoms with Crippen LogP contribution < -0.4 is 10.6 Å². The highest BCUT2D eigenvalue weighted by Crippen LogP contribution is 2.43. The fourth-order valence-electron chi connectivity index (χ4n) is 5.18. The Bertz CT molecular complexity index is 943. The van der Waals surface area contributed by atoms with Gasteiger partial charge >= 0.3 is 5.97 Å². The number of rotatable bonds is 6. The number of fused-ring (bicyclic) bond motifs is 3. The van der Waals surface area contributed by atoms with Crippen molar-refractivity contribution in [2.75, 3.05) is 34.4 Å². The molecule has 3 rings (SSSR count). The van der Waals surface area contributed by atoms with E-state index in [1.807, 2.05) is 6.92 Å². The SMILES string of the molecule is C=C/C(OC)=c1/c2c([nH]/c1=C/C)[C@@H]1C[C@H](/C(=C/OC)C(=O)OC)[C@H](CC)CN1CC2. The van der Waals surface area contributed by atoms with E-state index in [4.69, 9.17) is 14.2 Å². The molecule has 1 saturated heterocycles. The summed E-state index contributed by atoms with van der Waals surface area (Å²) in [6.45, 7) is 10.1. The molecule has 6 heteroatoms. The van der Waals surface area contributed by atoms with Crippen LogP contribution in [-0.4, -0.2) is 50.3 Å². The molecule has 3 atom stereocenters.